The first kappa shape index (κ1) is 12.9. The topological polar surface area (TPSA) is 38.5 Å². The maximum atomic E-state index is 5.91. The van der Waals surface area contributed by atoms with Crippen LogP contribution in [-0.2, 0) is 0 Å². The summed E-state index contributed by atoms with van der Waals surface area (Å²) in [4.78, 5) is 3.47. The number of hydrogen-bond acceptors (Lipinski definition) is 4. The number of methoxy groups -OCH3 is 1. The first-order valence-electron chi connectivity index (χ1n) is 5.86. The predicted molar refractivity (Wildman–Crippen MR) is 77.5 cm³/mol. The molecule has 0 aliphatic rings. The van der Waals surface area contributed by atoms with Crippen LogP contribution in [0.4, 0.5) is 5.69 Å². The quantitative estimate of drug-likeness (QED) is 0.900. The van der Waals surface area contributed by atoms with Crippen molar-refractivity contribution in [1.82, 2.24) is 0 Å². The summed E-state index contributed by atoms with van der Waals surface area (Å²) >= 11 is 1.74. The Morgan fingerprint density at radius 2 is 2.17 bits per heavy atom. The van der Waals surface area contributed by atoms with Gasteiger partial charge in [-0.25, -0.2) is 0 Å². The van der Waals surface area contributed by atoms with Gasteiger partial charge in [0, 0.05) is 30.2 Å². The molecule has 1 heterocycles. The van der Waals surface area contributed by atoms with E-state index < -0.39 is 0 Å². The molecular weight excluding hydrogens is 244 g/mol. The van der Waals surface area contributed by atoms with Crippen LogP contribution in [-0.4, -0.2) is 20.7 Å². The van der Waals surface area contributed by atoms with Gasteiger partial charge in [0.25, 0.3) is 0 Å². The van der Waals surface area contributed by atoms with Crippen molar-refractivity contribution in [2.24, 2.45) is 5.73 Å². The maximum Gasteiger partial charge on any atom is 0.120 e. The molecule has 3 nitrogen and oxygen atoms in total. The van der Waals surface area contributed by atoms with Gasteiger partial charge in [-0.1, -0.05) is 12.1 Å². The van der Waals surface area contributed by atoms with Crippen molar-refractivity contribution in [1.29, 1.82) is 0 Å². The van der Waals surface area contributed by atoms with E-state index in [1.54, 1.807) is 18.4 Å². The Bertz CT molecular complexity index is 484. The summed E-state index contributed by atoms with van der Waals surface area (Å²) in [5.74, 6) is 0.862. The minimum atomic E-state index is 0.206. The van der Waals surface area contributed by atoms with Crippen molar-refractivity contribution < 1.29 is 4.74 Å². The highest BCUT2D eigenvalue weighted by Crippen LogP contribution is 2.29. The third-order valence-electron chi connectivity index (χ3n) is 3.02. The summed E-state index contributed by atoms with van der Waals surface area (Å²) in [6, 6.07) is 12.4. The molecule has 0 aliphatic carbocycles. The van der Waals surface area contributed by atoms with E-state index >= 15 is 0 Å². The summed E-state index contributed by atoms with van der Waals surface area (Å²) in [5, 5.41) is 2.08. The van der Waals surface area contributed by atoms with Gasteiger partial charge in [-0.3, -0.25) is 0 Å². The number of thiophene rings is 1. The molecule has 96 valence electrons. The standard InChI is InChI=1S/C14H18N2OS/c1-16(11-5-3-6-12(9-11)17-2)13(10-15)14-7-4-8-18-14/h3-9,13H,10,15H2,1-2H3. The monoisotopic (exact) mass is 262 g/mol. The lowest BCUT2D eigenvalue weighted by atomic mass is 10.2. The molecule has 1 aromatic carbocycles. The van der Waals surface area contributed by atoms with Gasteiger partial charge in [-0.2, -0.15) is 0 Å². The fourth-order valence-electron chi connectivity index (χ4n) is 1.96. The molecule has 0 bridgehead atoms. The van der Waals surface area contributed by atoms with Crippen LogP contribution in [0.1, 0.15) is 10.9 Å². The van der Waals surface area contributed by atoms with Gasteiger partial charge in [0.05, 0.1) is 13.2 Å². The summed E-state index contributed by atoms with van der Waals surface area (Å²) in [6.07, 6.45) is 0. The molecule has 0 saturated heterocycles. The third-order valence-corrected chi connectivity index (χ3v) is 4.00. The maximum absolute atomic E-state index is 5.91. The van der Waals surface area contributed by atoms with Crippen LogP contribution in [0.2, 0.25) is 0 Å². The van der Waals surface area contributed by atoms with Gasteiger partial charge in [0.15, 0.2) is 0 Å². The Hall–Kier alpha value is -1.52. The van der Waals surface area contributed by atoms with E-state index in [0.29, 0.717) is 6.54 Å². The van der Waals surface area contributed by atoms with Crippen molar-refractivity contribution in [3.8, 4) is 5.75 Å². The number of likely N-dealkylation sites (N-methyl/N-ethyl adjacent to an activating group) is 1. The zero-order valence-corrected chi connectivity index (χ0v) is 11.5. The number of rotatable bonds is 5. The first-order chi connectivity index (χ1) is 8.76. The van der Waals surface area contributed by atoms with E-state index in [9.17, 15) is 0 Å². The van der Waals surface area contributed by atoms with Crippen LogP contribution < -0.4 is 15.4 Å². The van der Waals surface area contributed by atoms with E-state index in [1.165, 1.54) is 4.88 Å². The zero-order valence-electron chi connectivity index (χ0n) is 10.7. The zero-order chi connectivity index (χ0) is 13.0. The van der Waals surface area contributed by atoms with Gasteiger partial charge >= 0.3 is 0 Å². The smallest absolute Gasteiger partial charge is 0.120 e. The minimum absolute atomic E-state index is 0.206. The second-order valence-corrected chi connectivity index (χ2v) is 5.06. The summed E-state index contributed by atoms with van der Waals surface area (Å²) < 4.78 is 5.25. The molecule has 0 saturated carbocycles. The molecule has 2 N–H and O–H groups in total. The lowest BCUT2D eigenvalue weighted by Crippen LogP contribution is -2.29. The SMILES string of the molecule is COc1cccc(N(C)C(CN)c2cccs2)c1. The van der Waals surface area contributed by atoms with E-state index in [4.69, 9.17) is 10.5 Å². The van der Waals surface area contributed by atoms with Gasteiger partial charge in [0.2, 0.25) is 0 Å². The van der Waals surface area contributed by atoms with E-state index in [2.05, 4.69) is 35.5 Å². The summed E-state index contributed by atoms with van der Waals surface area (Å²) in [7, 11) is 3.74. The Balaban J connectivity index is 2.25. The number of ether oxygens (including phenoxy) is 1. The fraction of sp³-hybridized carbons (Fsp3) is 0.286. The van der Waals surface area contributed by atoms with Gasteiger partial charge in [0.1, 0.15) is 5.75 Å². The van der Waals surface area contributed by atoms with Crippen molar-refractivity contribution in [3.05, 3.63) is 46.7 Å². The van der Waals surface area contributed by atoms with Crippen LogP contribution in [0.15, 0.2) is 41.8 Å². The minimum Gasteiger partial charge on any atom is -0.497 e. The molecule has 18 heavy (non-hydrogen) atoms. The molecular formula is C14H18N2OS. The number of hydrogen-bond donors (Lipinski definition) is 1. The summed E-state index contributed by atoms with van der Waals surface area (Å²) in [6.45, 7) is 0.591. The van der Waals surface area contributed by atoms with Crippen LogP contribution in [0.5, 0.6) is 5.75 Å². The highest BCUT2D eigenvalue weighted by molar-refractivity contribution is 7.10. The Morgan fingerprint density at radius 3 is 2.78 bits per heavy atom. The molecule has 0 fully saturated rings. The molecule has 1 aromatic heterocycles. The van der Waals surface area contributed by atoms with Crippen LogP contribution in [0.3, 0.4) is 0 Å². The lowest BCUT2D eigenvalue weighted by Gasteiger charge is -2.28. The predicted octanol–water partition coefficient (Wildman–Crippen LogP) is 2.89. The van der Waals surface area contributed by atoms with Crippen LogP contribution >= 0.6 is 11.3 Å². The highest BCUT2D eigenvalue weighted by atomic mass is 32.1. The number of nitrogens with two attached hydrogens (primary N) is 1. The van der Waals surface area contributed by atoms with Crippen molar-refractivity contribution in [3.63, 3.8) is 0 Å². The number of benzene rings is 1. The molecule has 4 heteroatoms. The van der Waals surface area contributed by atoms with Gasteiger partial charge in [-0.05, 0) is 23.6 Å². The Labute approximate surface area is 112 Å². The normalized spacial score (nSPS) is 12.2. The Morgan fingerprint density at radius 1 is 1.33 bits per heavy atom. The second-order valence-electron chi connectivity index (χ2n) is 4.08. The van der Waals surface area contributed by atoms with Crippen LogP contribution in [0.25, 0.3) is 0 Å². The van der Waals surface area contributed by atoms with Crippen LogP contribution in [0, 0.1) is 0 Å². The highest BCUT2D eigenvalue weighted by Gasteiger charge is 2.17. The first-order valence-corrected chi connectivity index (χ1v) is 6.74. The van der Waals surface area contributed by atoms with Gasteiger partial charge in [-0.15, -0.1) is 11.3 Å². The molecule has 0 spiro atoms. The molecule has 2 rings (SSSR count). The van der Waals surface area contributed by atoms with E-state index in [-0.39, 0.29) is 6.04 Å². The summed E-state index contributed by atoms with van der Waals surface area (Å²) in [5.41, 5.74) is 7.02. The average Bonchev–Trinajstić information content (AvgIpc) is 2.93. The largest absolute Gasteiger partial charge is 0.497 e. The van der Waals surface area contributed by atoms with Crippen molar-refractivity contribution in [2.45, 2.75) is 6.04 Å². The van der Waals surface area contributed by atoms with Gasteiger partial charge < -0.3 is 15.4 Å². The lowest BCUT2D eigenvalue weighted by molar-refractivity contribution is 0.414. The Kier molecular flexibility index (Phi) is 4.23. The number of anilines is 1. The van der Waals surface area contributed by atoms with E-state index in [0.717, 1.165) is 11.4 Å². The molecule has 0 aliphatic heterocycles. The molecule has 0 amide bonds. The fourth-order valence-corrected chi connectivity index (χ4v) is 2.84. The third kappa shape index (κ3) is 2.66. The average molecular weight is 262 g/mol. The molecule has 0 radical (unpaired) electrons. The number of nitrogens with zero attached hydrogens (tertiary/aromatic N) is 1. The molecule has 1 atom stereocenters. The van der Waals surface area contributed by atoms with Crippen molar-refractivity contribution >= 4 is 17.0 Å². The van der Waals surface area contributed by atoms with E-state index in [1.807, 2.05) is 18.2 Å². The van der Waals surface area contributed by atoms with Crippen molar-refractivity contribution in [2.75, 3.05) is 25.6 Å². The molecule has 1 unspecified atom stereocenters. The molecule has 2 aromatic rings. The second kappa shape index (κ2) is 5.89.